The summed E-state index contributed by atoms with van der Waals surface area (Å²) in [6, 6.07) is 0. The number of hydrogen-bond acceptors (Lipinski definition) is 4. The van der Waals surface area contributed by atoms with Gasteiger partial charge in [0, 0.05) is 6.42 Å². The van der Waals surface area contributed by atoms with E-state index >= 15 is 0 Å². The van der Waals surface area contributed by atoms with Crippen molar-refractivity contribution in [2.24, 2.45) is 0 Å². The van der Waals surface area contributed by atoms with Gasteiger partial charge in [0.1, 0.15) is 5.78 Å². The van der Waals surface area contributed by atoms with Crippen LogP contribution >= 0.6 is 0 Å². The first kappa shape index (κ1) is 25.0. The summed E-state index contributed by atoms with van der Waals surface area (Å²) in [4.78, 5) is 10.8. The smallest absolute Gasteiger partial charge is 0.130 e. The second-order valence-corrected chi connectivity index (χ2v) is 6.23. The highest BCUT2D eigenvalue weighted by Crippen LogP contribution is 2.03. The zero-order chi connectivity index (χ0) is 20.3. The molecule has 4 heteroatoms. The van der Waals surface area contributed by atoms with Crippen LogP contribution in [0.2, 0.25) is 0 Å². The van der Waals surface area contributed by atoms with Crippen molar-refractivity contribution in [1.82, 2.24) is 0 Å². The Kier molecular flexibility index (Phi) is 16.1. The molecule has 0 aliphatic heterocycles. The fourth-order valence-corrected chi connectivity index (χ4v) is 2.02. The molecular weight excluding hydrogens is 340 g/mol. The van der Waals surface area contributed by atoms with Crippen molar-refractivity contribution >= 4 is 5.78 Å². The number of ketones is 1. The number of carbonyl (C=O) groups is 1. The van der Waals surface area contributed by atoms with Crippen LogP contribution in [-0.4, -0.2) is 39.4 Å². The molecule has 0 aromatic carbocycles. The average Bonchev–Trinajstić information content (AvgIpc) is 2.63. The molecule has 0 aromatic heterocycles. The maximum atomic E-state index is 10.8. The Labute approximate surface area is 163 Å². The second kappa shape index (κ2) is 17.4. The molecule has 0 saturated heterocycles. The molecule has 0 bridgehead atoms. The van der Waals surface area contributed by atoms with Gasteiger partial charge in [-0.2, -0.15) is 0 Å². The molecule has 0 saturated carbocycles. The molecular formula is C23H34O4. The van der Waals surface area contributed by atoms with E-state index in [0.717, 1.165) is 6.42 Å². The summed E-state index contributed by atoms with van der Waals surface area (Å²) in [7, 11) is 0. The van der Waals surface area contributed by atoms with Gasteiger partial charge in [0.25, 0.3) is 0 Å². The third kappa shape index (κ3) is 17.2. The molecule has 4 nitrogen and oxygen atoms in total. The Morgan fingerprint density at radius 3 is 2.04 bits per heavy atom. The predicted octanol–water partition coefficient (Wildman–Crippen LogP) is 3.97. The van der Waals surface area contributed by atoms with E-state index in [4.69, 9.17) is 0 Å². The normalized spacial score (nSPS) is 16.6. The number of hydrogen-bond donors (Lipinski definition) is 3. The predicted molar refractivity (Wildman–Crippen MR) is 112 cm³/mol. The summed E-state index contributed by atoms with van der Waals surface area (Å²) < 4.78 is 0. The van der Waals surface area contributed by atoms with Gasteiger partial charge in [-0.1, -0.05) is 79.8 Å². The molecule has 3 N–H and O–H groups in total. The molecule has 0 radical (unpaired) electrons. The lowest BCUT2D eigenvalue weighted by Crippen LogP contribution is -2.22. The lowest BCUT2D eigenvalue weighted by molar-refractivity contribution is -0.116. The maximum Gasteiger partial charge on any atom is 0.130 e. The number of Topliss-reactive ketones (excluding diaryl/α,β-unsaturated/α-hetero) is 1. The van der Waals surface area contributed by atoms with Crippen LogP contribution in [0.25, 0.3) is 0 Å². The van der Waals surface area contributed by atoms with Gasteiger partial charge in [0.2, 0.25) is 0 Å². The lowest BCUT2D eigenvalue weighted by Gasteiger charge is -2.11. The van der Waals surface area contributed by atoms with Gasteiger partial charge < -0.3 is 20.1 Å². The Balaban J connectivity index is 4.03. The Hall–Kier alpha value is -2.01. The van der Waals surface area contributed by atoms with Gasteiger partial charge >= 0.3 is 0 Å². The molecule has 27 heavy (non-hydrogen) atoms. The average molecular weight is 375 g/mol. The lowest BCUT2D eigenvalue weighted by atomic mass is 10.1. The van der Waals surface area contributed by atoms with Crippen molar-refractivity contribution in [3.8, 4) is 0 Å². The Morgan fingerprint density at radius 2 is 1.41 bits per heavy atom. The Morgan fingerprint density at radius 1 is 0.815 bits per heavy atom. The quantitative estimate of drug-likeness (QED) is 0.318. The fourth-order valence-electron chi connectivity index (χ4n) is 2.02. The second-order valence-electron chi connectivity index (χ2n) is 6.23. The van der Waals surface area contributed by atoms with Gasteiger partial charge in [-0.3, -0.25) is 0 Å². The van der Waals surface area contributed by atoms with Crippen LogP contribution < -0.4 is 0 Å². The molecule has 3 atom stereocenters. The molecule has 0 spiro atoms. The number of aliphatic hydroxyl groups excluding tert-OH is 3. The van der Waals surface area contributed by atoms with Gasteiger partial charge in [-0.05, 0) is 32.6 Å². The van der Waals surface area contributed by atoms with Crippen LogP contribution in [0, 0.1) is 0 Å². The van der Waals surface area contributed by atoms with E-state index in [0.29, 0.717) is 25.7 Å². The summed E-state index contributed by atoms with van der Waals surface area (Å²) in [6.07, 6.45) is 22.4. The molecule has 1 unspecified atom stereocenters. The van der Waals surface area contributed by atoms with E-state index in [1.54, 1.807) is 49.5 Å². The van der Waals surface area contributed by atoms with E-state index in [-0.39, 0.29) is 5.78 Å². The number of aliphatic hydroxyl groups is 3. The summed E-state index contributed by atoms with van der Waals surface area (Å²) in [5, 5.41) is 29.3. The third-order valence-corrected chi connectivity index (χ3v) is 3.58. The first-order valence-electron chi connectivity index (χ1n) is 9.49. The maximum absolute atomic E-state index is 10.8. The van der Waals surface area contributed by atoms with E-state index in [1.165, 1.54) is 0 Å². The summed E-state index contributed by atoms with van der Waals surface area (Å²) in [5.74, 6) is 0.169. The standard InChI is InChI=1S/C23H34O4/c1-3-4-10-18-22(26)23(27)19-14-8-6-5-7-12-16-21(25)17-13-9-11-15-20(2)24/h4-10,12-14,16,19,21-23,25-27H,3,11,15,17-18H2,1-2H3/b7-5-,8-6+,10-4-,13-9-,16-12+,19-14+/t21-,22+,23?/m1/s1. The van der Waals surface area contributed by atoms with E-state index in [9.17, 15) is 20.1 Å². The SMILES string of the molecule is CC/C=C\C[C@H](O)C(O)/C=C/C=C/C=C\C=C\[C@@H](O)C/C=C\CCC(C)=O. The number of allylic oxidation sites excluding steroid dienone is 8. The van der Waals surface area contributed by atoms with Crippen LogP contribution in [0.1, 0.15) is 46.0 Å². The zero-order valence-corrected chi connectivity index (χ0v) is 16.4. The van der Waals surface area contributed by atoms with E-state index < -0.39 is 18.3 Å². The summed E-state index contributed by atoms with van der Waals surface area (Å²) in [5.41, 5.74) is 0. The molecule has 0 amide bonds. The largest absolute Gasteiger partial charge is 0.390 e. The number of rotatable bonds is 14. The molecule has 0 aliphatic rings. The molecule has 0 aromatic rings. The van der Waals surface area contributed by atoms with Crippen molar-refractivity contribution in [2.45, 2.75) is 64.3 Å². The van der Waals surface area contributed by atoms with Crippen molar-refractivity contribution in [2.75, 3.05) is 0 Å². The van der Waals surface area contributed by atoms with E-state index in [2.05, 4.69) is 0 Å². The monoisotopic (exact) mass is 374 g/mol. The molecule has 0 rings (SSSR count). The third-order valence-electron chi connectivity index (χ3n) is 3.58. The molecule has 0 fully saturated rings. The summed E-state index contributed by atoms with van der Waals surface area (Å²) in [6.45, 7) is 3.59. The van der Waals surface area contributed by atoms with Gasteiger partial charge in [0.15, 0.2) is 0 Å². The Bertz CT molecular complexity index is 553. The van der Waals surface area contributed by atoms with Crippen LogP contribution in [0.15, 0.2) is 72.9 Å². The minimum Gasteiger partial charge on any atom is -0.390 e. The van der Waals surface area contributed by atoms with Crippen molar-refractivity contribution < 1.29 is 20.1 Å². The van der Waals surface area contributed by atoms with Crippen LogP contribution in [0.3, 0.4) is 0 Å². The first-order valence-corrected chi connectivity index (χ1v) is 9.49. The fraction of sp³-hybridized carbons (Fsp3) is 0.435. The van der Waals surface area contributed by atoms with Crippen molar-refractivity contribution in [3.05, 3.63) is 72.9 Å². The zero-order valence-electron chi connectivity index (χ0n) is 16.4. The van der Waals surface area contributed by atoms with Crippen LogP contribution in [-0.2, 0) is 4.79 Å². The minimum absolute atomic E-state index is 0.169. The highest BCUT2D eigenvalue weighted by atomic mass is 16.3. The topological polar surface area (TPSA) is 77.8 Å². The van der Waals surface area contributed by atoms with Gasteiger partial charge in [0.05, 0.1) is 18.3 Å². The highest BCUT2D eigenvalue weighted by Gasteiger charge is 2.10. The van der Waals surface area contributed by atoms with Crippen molar-refractivity contribution in [3.63, 3.8) is 0 Å². The number of carbonyl (C=O) groups excluding carboxylic acids is 1. The van der Waals surface area contributed by atoms with Crippen LogP contribution in [0.4, 0.5) is 0 Å². The summed E-state index contributed by atoms with van der Waals surface area (Å²) >= 11 is 0. The van der Waals surface area contributed by atoms with Gasteiger partial charge in [-0.25, -0.2) is 0 Å². The first-order chi connectivity index (χ1) is 13.0. The van der Waals surface area contributed by atoms with E-state index in [1.807, 2.05) is 37.3 Å². The molecule has 150 valence electrons. The van der Waals surface area contributed by atoms with Crippen molar-refractivity contribution in [1.29, 1.82) is 0 Å². The van der Waals surface area contributed by atoms with Gasteiger partial charge in [-0.15, -0.1) is 0 Å². The molecule has 0 aliphatic carbocycles. The van der Waals surface area contributed by atoms with Crippen LogP contribution in [0.5, 0.6) is 0 Å². The molecule has 0 heterocycles. The highest BCUT2D eigenvalue weighted by molar-refractivity contribution is 5.75. The minimum atomic E-state index is -0.890.